The SMILES string of the molecule is NCC1CCCCN1S(=O)(=O)c1ccc(F)c([N+](=O)[O-])c1. The van der Waals surface area contributed by atoms with Gasteiger partial charge in [-0.05, 0) is 25.0 Å². The summed E-state index contributed by atoms with van der Waals surface area (Å²) in [6, 6.07) is 2.27. The van der Waals surface area contributed by atoms with Gasteiger partial charge in [-0.2, -0.15) is 8.70 Å². The van der Waals surface area contributed by atoms with Crippen molar-refractivity contribution >= 4 is 15.7 Å². The lowest BCUT2D eigenvalue weighted by molar-refractivity contribution is -0.387. The minimum atomic E-state index is -3.91. The van der Waals surface area contributed by atoms with E-state index in [2.05, 4.69) is 0 Å². The molecule has 21 heavy (non-hydrogen) atoms. The summed E-state index contributed by atoms with van der Waals surface area (Å²) in [7, 11) is -3.91. The first-order chi connectivity index (χ1) is 9.87. The minimum absolute atomic E-state index is 0.183. The predicted molar refractivity (Wildman–Crippen MR) is 73.6 cm³/mol. The summed E-state index contributed by atoms with van der Waals surface area (Å²) in [5, 5.41) is 10.7. The van der Waals surface area contributed by atoms with Crippen LogP contribution in [0.3, 0.4) is 0 Å². The molecule has 1 saturated heterocycles. The zero-order chi connectivity index (χ0) is 15.6. The van der Waals surface area contributed by atoms with Gasteiger partial charge in [-0.1, -0.05) is 6.42 Å². The molecular weight excluding hydrogens is 301 g/mol. The molecule has 7 nitrogen and oxygen atoms in total. The van der Waals surface area contributed by atoms with E-state index in [0.29, 0.717) is 19.4 Å². The molecule has 2 rings (SSSR count). The van der Waals surface area contributed by atoms with E-state index in [1.165, 1.54) is 4.31 Å². The Balaban J connectivity index is 2.43. The number of halogens is 1. The van der Waals surface area contributed by atoms with Crippen molar-refractivity contribution in [3.05, 3.63) is 34.1 Å². The molecule has 1 aromatic carbocycles. The highest BCUT2D eigenvalue weighted by molar-refractivity contribution is 7.89. The Labute approximate surface area is 121 Å². The van der Waals surface area contributed by atoms with Gasteiger partial charge in [0.15, 0.2) is 0 Å². The number of hydrogen-bond acceptors (Lipinski definition) is 5. The first kappa shape index (κ1) is 15.8. The van der Waals surface area contributed by atoms with Crippen LogP contribution < -0.4 is 5.73 Å². The van der Waals surface area contributed by atoms with Crippen LogP contribution in [0.4, 0.5) is 10.1 Å². The molecule has 1 heterocycles. The normalized spacial score (nSPS) is 20.4. The van der Waals surface area contributed by atoms with Crippen LogP contribution >= 0.6 is 0 Å². The molecule has 2 N–H and O–H groups in total. The van der Waals surface area contributed by atoms with Gasteiger partial charge in [-0.15, -0.1) is 0 Å². The van der Waals surface area contributed by atoms with Crippen LogP contribution in [-0.4, -0.2) is 36.8 Å². The lowest BCUT2D eigenvalue weighted by Crippen LogP contribution is -2.47. The first-order valence-corrected chi connectivity index (χ1v) is 7.98. The van der Waals surface area contributed by atoms with Crippen molar-refractivity contribution in [1.82, 2.24) is 4.31 Å². The van der Waals surface area contributed by atoms with Gasteiger partial charge in [-0.25, -0.2) is 8.42 Å². The van der Waals surface area contributed by atoms with E-state index in [0.717, 1.165) is 24.6 Å². The smallest absolute Gasteiger partial charge is 0.306 e. The molecule has 1 fully saturated rings. The summed E-state index contributed by atoms with van der Waals surface area (Å²) >= 11 is 0. The van der Waals surface area contributed by atoms with E-state index in [1.54, 1.807) is 0 Å². The maximum atomic E-state index is 13.3. The van der Waals surface area contributed by atoms with E-state index < -0.39 is 26.5 Å². The van der Waals surface area contributed by atoms with Crippen molar-refractivity contribution in [2.75, 3.05) is 13.1 Å². The average molecular weight is 317 g/mol. The molecule has 0 amide bonds. The summed E-state index contributed by atoms with van der Waals surface area (Å²) in [6.07, 6.45) is 2.25. The van der Waals surface area contributed by atoms with E-state index in [9.17, 15) is 22.9 Å². The summed E-state index contributed by atoms with van der Waals surface area (Å²) < 4.78 is 39.7. The van der Waals surface area contributed by atoms with Gasteiger partial charge in [0, 0.05) is 25.2 Å². The van der Waals surface area contributed by atoms with Gasteiger partial charge in [0.25, 0.3) is 0 Å². The van der Waals surface area contributed by atoms with E-state index in [4.69, 9.17) is 5.73 Å². The van der Waals surface area contributed by atoms with Crippen molar-refractivity contribution in [2.45, 2.75) is 30.2 Å². The molecule has 1 unspecified atom stereocenters. The molecule has 9 heteroatoms. The Morgan fingerprint density at radius 3 is 2.76 bits per heavy atom. The Hall–Kier alpha value is -1.58. The Morgan fingerprint density at radius 1 is 1.43 bits per heavy atom. The second-order valence-electron chi connectivity index (χ2n) is 4.87. The zero-order valence-corrected chi connectivity index (χ0v) is 12.1. The highest BCUT2D eigenvalue weighted by atomic mass is 32.2. The molecule has 0 aliphatic carbocycles. The molecule has 1 atom stereocenters. The van der Waals surface area contributed by atoms with E-state index in [1.807, 2.05) is 0 Å². The molecule has 1 aromatic rings. The monoisotopic (exact) mass is 317 g/mol. The maximum absolute atomic E-state index is 13.3. The predicted octanol–water partition coefficient (Wildman–Crippen LogP) is 1.24. The van der Waals surface area contributed by atoms with Gasteiger partial charge in [-0.3, -0.25) is 10.1 Å². The fraction of sp³-hybridized carbons (Fsp3) is 0.500. The molecule has 116 valence electrons. The van der Waals surface area contributed by atoms with Crippen LogP contribution in [0.5, 0.6) is 0 Å². The number of nitro benzene ring substituents is 1. The first-order valence-electron chi connectivity index (χ1n) is 6.53. The Kier molecular flexibility index (Phi) is 4.55. The summed E-state index contributed by atoms with van der Waals surface area (Å²) in [6.45, 7) is 0.498. The van der Waals surface area contributed by atoms with Crippen LogP contribution in [0.25, 0.3) is 0 Å². The molecular formula is C12H16FN3O4S. The number of nitro groups is 1. The van der Waals surface area contributed by atoms with Gasteiger partial charge in [0.05, 0.1) is 9.82 Å². The van der Waals surface area contributed by atoms with Crippen molar-refractivity contribution in [3.63, 3.8) is 0 Å². The fourth-order valence-electron chi connectivity index (χ4n) is 2.45. The standard InChI is InChI=1S/C12H16FN3O4S/c13-11-5-4-10(7-12(11)16(17)18)21(19,20)15-6-2-1-3-9(15)8-14/h4-5,7,9H,1-3,6,8,14H2. The second kappa shape index (κ2) is 6.04. The fourth-order valence-corrected chi connectivity index (χ4v) is 4.18. The third-order valence-electron chi connectivity index (χ3n) is 3.57. The molecule has 1 aliphatic rings. The van der Waals surface area contributed by atoms with Crippen LogP contribution in [0, 0.1) is 15.9 Å². The van der Waals surface area contributed by atoms with Gasteiger partial charge < -0.3 is 5.73 Å². The average Bonchev–Trinajstić information content (AvgIpc) is 2.47. The molecule has 0 radical (unpaired) electrons. The van der Waals surface area contributed by atoms with Gasteiger partial charge in [0.1, 0.15) is 0 Å². The number of rotatable bonds is 4. The topological polar surface area (TPSA) is 107 Å². The van der Waals surface area contributed by atoms with Crippen LogP contribution in [0.1, 0.15) is 19.3 Å². The summed E-state index contributed by atoms with van der Waals surface area (Å²) in [5.74, 6) is -1.06. The van der Waals surface area contributed by atoms with Crippen LogP contribution in [0.2, 0.25) is 0 Å². The van der Waals surface area contributed by atoms with Crippen molar-refractivity contribution < 1.29 is 17.7 Å². The lowest BCUT2D eigenvalue weighted by atomic mass is 10.1. The summed E-state index contributed by atoms with van der Waals surface area (Å²) in [4.78, 5) is 9.51. The molecule has 0 saturated carbocycles. The number of nitrogens with zero attached hydrogens (tertiary/aromatic N) is 2. The Bertz CT molecular complexity index is 650. The molecule has 0 spiro atoms. The van der Waals surface area contributed by atoms with Gasteiger partial charge in [0.2, 0.25) is 15.8 Å². The minimum Gasteiger partial charge on any atom is -0.329 e. The number of nitrogens with two attached hydrogens (primary N) is 1. The number of sulfonamides is 1. The number of benzene rings is 1. The van der Waals surface area contributed by atoms with Crippen LogP contribution in [-0.2, 0) is 10.0 Å². The van der Waals surface area contributed by atoms with E-state index in [-0.39, 0.29) is 17.5 Å². The highest BCUT2D eigenvalue weighted by Gasteiger charge is 2.34. The van der Waals surface area contributed by atoms with Crippen molar-refractivity contribution in [2.24, 2.45) is 5.73 Å². The molecule has 0 bridgehead atoms. The number of hydrogen-bond donors (Lipinski definition) is 1. The number of piperidine rings is 1. The zero-order valence-electron chi connectivity index (χ0n) is 11.2. The Morgan fingerprint density at radius 2 is 2.14 bits per heavy atom. The van der Waals surface area contributed by atoms with Gasteiger partial charge >= 0.3 is 5.69 Å². The quantitative estimate of drug-likeness (QED) is 0.664. The maximum Gasteiger partial charge on any atom is 0.306 e. The van der Waals surface area contributed by atoms with Crippen molar-refractivity contribution in [3.8, 4) is 0 Å². The van der Waals surface area contributed by atoms with Crippen LogP contribution in [0.15, 0.2) is 23.1 Å². The molecule has 1 aliphatic heterocycles. The summed E-state index contributed by atoms with van der Waals surface area (Å²) in [5.41, 5.74) is 4.75. The third-order valence-corrected chi connectivity index (χ3v) is 5.51. The lowest BCUT2D eigenvalue weighted by Gasteiger charge is -2.33. The molecule has 0 aromatic heterocycles. The van der Waals surface area contributed by atoms with Crippen molar-refractivity contribution in [1.29, 1.82) is 0 Å². The third kappa shape index (κ3) is 3.04. The highest BCUT2D eigenvalue weighted by Crippen LogP contribution is 2.28. The van der Waals surface area contributed by atoms with E-state index >= 15 is 0 Å². The second-order valence-corrected chi connectivity index (χ2v) is 6.76. The largest absolute Gasteiger partial charge is 0.329 e.